The van der Waals surface area contributed by atoms with E-state index < -0.39 is 0 Å². The molecule has 3 amide bonds. The number of hydrogen-bond acceptors (Lipinski definition) is 4. The van der Waals surface area contributed by atoms with Crippen molar-refractivity contribution in [1.82, 2.24) is 5.32 Å². The Kier molecular flexibility index (Phi) is 4.12. The van der Waals surface area contributed by atoms with Gasteiger partial charge in [-0.1, -0.05) is 0 Å². The van der Waals surface area contributed by atoms with Gasteiger partial charge in [-0.05, 0) is 42.8 Å². The first-order chi connectivity index (χ1) is 12.6. The van der Waals surface area contributed by atoms with Gasteiger partial charge in [0.25, 0.3) is 5.91 Å². The highest BCUT2D eigenvalue weighted by Crippen LogP contribution is 2.32. The summed E-state index contributed by atoms with van der Waals surface area (Å²) in [5.41, 5.74) is 2.85. The molecular weight excluding hydrogens is 334 g/mol. The van der Waals surface area contributed by atoms with Gasteiger partial charge in [-0.3, -0.25) is 9.69 Å². The summed E-state index contributed by atoms with van der Waals surface area (Å²) >= 11 is 0. The zero-order valence-electron chi connectivity index (χ0n) is 14.4. The highest BCUT2D eigenvalue weighted by Gasteiger charge is 2.23. The first kappa shape index (κ1) is 16.3. The lowest BCUT2D eigenvalue weighted by Gasteiger charge is -2.19. The van der Waals surface area contributed by atoms with Crippen molar-refractivity contribution < 1.29 is 19.1 Å². The zero-order chi connectivity index (χ0) is 18.1. The molecule has 7 heteroatoms. The Morgan fingerprint density at radius 3 is 2.65 bits per heavy atom. The largest absolute Gasteiger partial charge is 0.486 e. The smallest absolute Gasteiger partial charge is 0.322 e. The van der Waals surface area contributed by atoms with E-state index in [9.17, 15) is 9.59 Å². The molecule has 7 nitrogen and oxygen atoms in total. The number of anilines is 2. The van der Waals surface area contributed by atoms with Crippen LogP contribution in [0.15, 0.2) is 36.4 Å². The van der Waals surface area contributed by atoms with E-state index in [1.165, 1.54) is 0 Å². The number of nitrogens with zero attached hydrogens (tertiary/aromatic N) is 1. The summed E-state index contributed by atoms with van der Waals surface area (Å²) in [4.78, 5) is 26.1. The predicted octanol–water partition coefficient (Wildman–Crippen LogP) is 2.55. The number of hydrogen-bond donors (Lipinski definition) is 2. The number of rotatable bonds is 3. The second kappa shape index (κ2) is 6.59. The third-order valence-electron chi connectivity index (χ3n) is 4.41. The van der Waals surface area contributed by atoms with E-state index in [0.717, 1.165) is 11.3 Å². The number of fused-ring (bicyclic) bond motifs is 1. The molecule has 0 unspecified atom stereocenters. The van der Waals surface area contributed by atoms with E-state index in [1.54, 1.807) is 41.3 Å². The van der Waals surface area contributed by atoms with Crippen LogP contribution < -0.4 is 25.0 Å². The minimum absolute atomic E-state index is 0.110. The summed E-state index contributed by atoms with van der Waals surface area (Å²) in [6, 6.07) is 10.5. The van der Waals surface area contributed by atoms with Crippen LogP contribution in [0.25, 0.3) is 0 Å². The van der Waals surface area contributed by atoms with Crippen LogP contribution in [0.5, 0.6) is 11.5 Å². The molecule has 0 saturated carbocycles. The van der Waals surface area contributed by atoms with E-state index in [2.05, 4.69) is 10.6 Å². The zero-order valence-corrected chi connectivity index (χ0v) is 14.4. The Morgan fingerprint density at radius 1 is 1.12 bits per heavy atom. The Hall–Kier alpha value is -3.22. The molecule has 134 valence electrons. The molecule has 0 spiro atoms. The van der Waals surface area contributed by atoms with Crippen molar-refractivity contribution in [3.05, 3.63) is 47.5 Å². The number of amides is 3. The molecule has 0 aliphatic carbocycles. The molecule has 0 radical (unpaired) electrons. The molecule has 2 aliphatic rings. The van der Waals surface area contributed by atoms with Crippen molar-refractivity contribution in [3.8, 4) is 11.5 Å². The molecular formula is C19H19N3O4. The first-order valence-corrected chi connectivity index (χ1v) is 8.49. The topological polar surface area (TPSA) is 79.9 Å². The molecule has 2 aliphatic heterocycles. The highest BCUT2D eigenvalue weighted by atomic mass is 16.6. The van der Waals surface area contributed by atoms with Crippen molar-refractivity contribution in [2.75, 3.05) is 36.5 Å². The molecule has 0 atom stereocenters. The molecule has 2 aromatic carbocycles. The molecule has 2 N–H and O–H groups in total. The first-order valence-electron chi connectivity index (χ1n) is 8.49. The van der Waals surface area contributed by atoms with Gasteiger partial charge in [0.2, 0.25) is 0 Å². The van der Waals surface area contributed by atoms with Gasteiger partial charge in [-0.15, -0.1) is 0 Å². The highest BCUT2D eigenvalue weighted by molar-refractivity contribution is 6.05. The number of aryl methyl sites for hydroxylation is 1. The number of urea groups is 1. The van der Waals surface area contributed by atoms with Crippen LogP contribution in [0.2, 0.25) is 0 Å². The van der Waals surface area contributed by atoms with Crippen LogP contribution in [-0.4, -0.2) is 38.2 Å². The lowest BCUT2D eigenvalue weighted by Crippen LogP contribution is -2.28. The monoisotopic (exact) mass is 353 g/mol. The number of nitrogens with one attached hydrogen (secondary N) is 2. The van der Waals surface area contributed by atoms with Crippen LogP contribution in [0.4, 0.5) is 16.2 Å². The summed E-state index contributed by atoms with van der Waals surface area (Å²) < 4.78 is 11.0. The minimum Gasteiger partial charge on any atom is -0.486 e. The summed E-state index contributed by atoms with van der Waals surface area (Å²) in [6.07, 6.45) is 0. The lowest BCUT2D eigenvalue weighted by atomic mass is 10.1. The van der Waals surface area contributed by atoms with Gasteiger partial charge in [0.15, 0.2) is 11.5 Å². The molecule has 1 saturated heterocycles. The average molecular weight is 353 g/mol. The Bertz CT molecular complexity index is 881. The maximum atomic E-state index is 12.6. The Morgan fingerprint density at radius 2 is 1.92 bits per heavy atom. The van der Waals surface area contributed by atoms with E-state index in [1.807, 2.05) is 6.92 Å². The molecule has 1 fully saturated rings. The van der Waals surface area contributed by atoms with Crippen molar-refractivity contribution in [3.63, 3.8) is 0 Å². The maximum absolute atomic E-state index is 12.6. The van der Waals surface area contributed by atoms with Gasteiger partial charge in [-0.2, -0.15) is 0 Å². The molecule has 2 aromatic rings. The third-order valence-corrected chi connectivity index (χ3v) is 4.41. The van der Waals surface area contributed by atoms with Crippen molar-refractivity contribution >= 4 is 23.3 Å². The van der Waals surface area contributed by atoms with E-state index in [-0.39, 0.29) is 11.9 Å². The van der Waals surface area contributed by atoms with E-state index in [4.69, 9.17) is 9.47 Å². The quantitative estimate of drug-likeness (QED) is 0.889. The predicted molar refractivity (Wildman–Crippen MR) is 97.3 cm³/mol. The van der Waals surface area contributed by atoms with Crippen LogP contribution in [0.3, 0.4) is 0 Å². The molecule has 0 bridgehead atoms. The van der Waals surface area contributed by atoms with Gasteiger partial charge in [0.05, 0.1) is 0 Å². The minimum atomic E-state index is -0.220. The van der Waals surface area contributed by atoms with Gasteiger partial charge in [0, 0.05) is 36.1 Å². The second-order valence-electron chi connectivity index (χ2n) is 6.20. The fourth-order valence-electron chi connectivity index (χ4n) is 3.13. The summed E-state index contributed by atoms with van der Waals surface area (Å²) in [6.45, 7) is 4.17. The maximum Gasteiger partial charge on any atom is 0.322 e. The lowest BCUT2D eigenvalue weighted by molar-refractivity contribution is 0.102. The van der Waals surface area contributed by atoms with E-state index >= 15 is 0 Å². The Balaban J connectivity index is 1.51. The summed E-state index contributed by atoms with van der Waals surface area (Å²) in [5, 5.41) is 5.64. The van der Waals surface area contributed by atoms with Gasteiger partial charge >= 0.3 is 6.03 Å². The van der Waals surface area contributed by atoms with Gasteiger partial charge in [-0.25, -0.2) is 4.79 Å². The van der Waals surface area contributed by atoms with Crippen molar-refractivity contribution in [1.29, 1.82) is 0 Å². The number of carbonyl (C=O) groups is 2. The number of carbonyl (C=O) groups excluding carboxylic acids is 2. The number of ether oxygens (including phenoxy) is 2. The van der Waals surface area contributed by atoms with E-state index in [0.29, 0.717) is 49.1 Å². The summed E-state index contributed by atoms with van der Waals surface area (Å²) in [5.74, 6) is 1.08. The van der Waals surface area contributed by atoms with Crippen LogP contribution in [-0.2, 0) is 0 Å². The van der Waals surface area contributed by atoms with Crippen LogP contribution in [0.1, 0.15) is 15.9 Å². The number of benzene rings is 2. The van der Waals surface area contributed by atoms with Crippen LogP contribution in [0, 0.1) is 6.92 Å². The molecule has 26 heavy (non-hydrogen) atoms. The third kappa shape index (κ3) is 3.03. The van der Waals surface area contributed by atoms with Gasteiger partial charge in [0.1, 0.15) is 13.2 Å². The average Bonchev–Trinajstić information content (AvgIpc) is 3.07. The molecule has 2 heterocycles. The summed E-state index contributed by atoms with van der Waals surface area (Å²) in [7, 11) is 0. The SMILES string of the molecule is Cc1cc(C(=O)Nc2ccc3c(c2)OCCO3)ccc1N1CCNC1=O. The van der Waals surface area contributed by atoms with Gasteiger partial charge < -0.3 is 20.1 Å². The standard InChI is InChI=1S/C19H19N3O4/c1-12-10-13(2-4-15(12)22-7-6-20-19(22)24)18(23)21-14-3-5-16-17(11-14)26-9-8-25-16/h2-5,10-11H,6-9H2,1H3,(H,20,24)(H,21,23). The normalized spacial score (nSPS) is 15.6. The fourth-order valence-corrected chi connectivity index (χ4v) is 3.13. The van der Waals surface area contributed by atoms with Crippen LogP contribution >= 0.6 is 0 Å². The Labute approximate surface area is 150 Å². The molecule has 4 rings (SSSR count). The fraction of sp³-hybridized carbons (Fsp3) is 0.263. The van der Waals surface area contributed by atoms with Crippen molar-refractivity contribution in [2.24, 2.45) is 0 Å². The second-order valence-corrected chi connectivity index (χ2v) is 6.20. The van der Waals surface area contributed by atoms with Crippen molar-refractivity contribution in [2.45, 2.75) is 6.92 Å². The molecule has 0 aromatic heterocycles.